The van der Waals surface area contributed by atoms with Crippen molar-refractivity contribution in [1.82, 2.24) is 10.2 Å². The molecular weight excluding hydrogens is 647 g/mol. The van der Waals surface area contributed by atoms with Crippen LogP contribution in [0.25, 0.3) is 0 Å². The number of carbonyl (C=O) groups is 3. The van der Waals surface area contributed by atoms with Crippen molar-refractivity contribution in [2.75, 3.05) is 17.6 Å². The number of likely N-dealkylation sites (tertiary alicyclic amines) is 1. The van der Waals surface area contributed by atoms with Crippen LogP contribution in [-0.4, -0.2) is 58.3 Å². The van der Waals surface area contributed by atoms with Crippen molar-refractivity contribution in [3.63, 3.8) is 0 Å². The van der Waals surface area contributed by atoms with E-state index in [4.69, 9.17) is 9.47 Å². The monoisotopic (exact) mass is 685 g/mol. The lowest BCUT2D eigenvalue weighted by Gasteiger charge is -2.41. The molecule has 13 heteroatoms. The zero-order valence-electron chi connectivity index (χ0n) is 26.5. The summed E-state index contributed by atoms with van der Waals surface area (Å²) in [6.07, 6.45) is -5.75. The SMILES string of the molecule is CC(=O)Nc1ccc(SCC2OC(c3ccc(CNC(=O)C4CCCN4C(=O)C(F)(F)F)cc3)OC(c3ccc(CO)cc3)C2C)cc1. The number of hydrogen-bond acceptors (Lipinski definition) is 7. The summed E-state index contributed by atoms with van der Waals surface area (Å²) in [6, 6.07) is 21.3. The van der Waals surface area contributed by atoms with Crippen LogP contribution in [0, 0.1) is 5.92 Å². The Morgan fingerprint density at radius 3 is 2.21 bits per heavy atom. The van der Waals surface area contributed by atoms with E-state index in [0.29, 0.717) is 28.3 Å². The van der Waals surface area contributed by atoms with Crippen LogP contribution in [0.3, 0.4) is 0 Å². The third-order valence-corrected chi connectivity index (χ3v) is 9.59. The van der Waals surface area contributed by atoms with E-state index >= 15 is 0 Å². The maximum Gasteiger partial charge on any atom is 0.471 e. The number of carbonyl (C=O) groups excluding carboxylic acids is 3. The molecule has 5 unspecified atom stereocenters. The molecule has 2 heterocycles. The Morgan fingerprint density at radius 1 is 0.938 bits per heavy atom. The minimum Gasteiger partial charge on any atom is -0.392 e. The smallest absolute Gasteiger partial charge is 0.392 e. The molecule has 48 heavy (non-hydrogen) atoms. The molecule has 2 fully saturated rings. The number of ether oxygens (including phenoxy) is 2. The second-order valence-corrected chi connectivity index (χ2v) is 13.0. The number of thioether (sulfide) groups is 1. The summed E-state index contributed by atoms with van der Waals surface area (Å²) in [7, 11) is 0. The minimum absolute atomic E-state index is 0.0266. The molecule has 0 spiro atoms. The molecule has 2 aliphatic heterocycles. The molecule has 0 saturated carbocycles. The molecule has 256 valence electrons. The summed E-state index contributed by atoms with van der Waals surface area (Å²) in [5, 5.41) is 14.9. The Balaban J connectivity index is 1.26. The number of aliphatic hydroxyl groups is 1. The highest BCUT2D eigenvalue weighted by atomic mass is 32.2. The van der Waals surface area contributed by atoms with Crippen LogP contribution in [0.1, 0.15) is 61.3 Å². The zero-order valence-corrected chi connectivity index (χ0v) is 27.4. The fraction of sp³-hybridized carbons (Fsp3) is 0.400. The van der Waals surface area contributed by atoms with E-state index in [2.05, 4.69) is 17.6 Å². The summed E-state index contributed by atoms with van der Waals surface area (Å²) in [5.41, 5.74) is 3.93. The fourth-order valence-electron chi connectivity index (χ4n) is 5.87. The lowest BCUT2D eigenvalue weighted by molar-refractivity contribution is -0.268. The van der Waals surface area contributed by atoms with Crippen molar-refractivity contribution in [2.45, 2.75) is 75.5 Å². The second-order valence-electron chi connectivity index (χ2n) is 12.0. The first-order chi connectivity index (χ1) is 22.9. The van der Waals surface area contributed by atoms with Gasteiger partial charge in [-0.3, -0.25) is 14.4 Å². The number of halogens is 3. The lowest BCUT2D eigenvalue weighted by atomic mass is 9.91. The number of hydrogen-bond donors (Lipinski definition) is 3. The number of amides is 3. The topological polar surface area (TPSA) is 117 Å². The highest BCUT2D eigenvalue weighted by Crippen LogP contribution is 2.43. The predicted octanol–water partition coefficient (Wildman–Crippen LogP) is 5.89. The quantitative estimate of drug-likeness (QED) is 0.228. The molecule has 3 N–H and O–H groups in total. The first-order valence-electron chi connectivity index (χ1n) is 15.7. The van der Waals surface area contributed by atoms with Crippen LogP contribution in [0.5, 0.6) is 0 Å². The van der Waals surface area contributed by atoms with E-state index in [1.807, 2.05) is 60.7 Å². The van der Waals surface area contributed by atoms with E-state index in [-0.39, 0.29) is 50.2 Å². The molecule has 3 aromatic rings. The molecule has 5 atom stereocenters. The van der Waals surface area contributed by atoms with Gasteiger partial charge >= 0.3 is 12.1 Å². The van der Waals surface area contributed by atoms with E-state index in [9.17, 15) is 32.7 Å². The molecular formula is C35H38F3N3O6S. The van der Waals surface area contributed by atoms with Gasteiger partial charge in [0.1, 0.15) is 6.04 Å². The summed E-state index contributed by atoms with van der Waals surface area (Å²) >= 11 is 1.63. The predicted molar refractivity (Wildman–Crippen MR) is 174 cm³/mol. The van der Waals surface area contributed by atoms with Gasteiger partial charge in [-0.1, -0.05) is 55.5 Å². The first-order valence-corrected chi connectivity index (χ1v) is 16.7. The van der Waals surface area contributed by atoms with E-state index < -0.39 is 30.3 Å². The number of anilines is 1. The van der Waals surface area contributed by atoms with Crippen LogP contribution in [0.4, 0.5) is 18.9 Å². The van der Waals surface area contributed by atoms with Gasteiger partial charge in [0.25, 0.3) is 0 Å². The molecule has 9 nitrogen and oxygen atoms in total. The van der Waals surface area contributed by atoms with E-state index in [0.717, 1.165) is 21.6 Å². The summed E-state index contributed by atoms with van der Waals surface area (Å²) in [5.74, 6) is -2.15. The molecule has 5 rings (SSSR count). The summed E-state index contributed by atoms with van der Waals surface area (Å²) in [4.78, 5) is 37.5. The summed E-state index contributed by atoms with van der Waals surface area (Å²) < 4.78 is 52.0. The van der Waals surface area contributed by atoms with Gasteiger partial charge in [0.2, 0.25) is 11.8 Å². The molecule has 0 aromatic heterocycles. The molecule has 2 saturated heterocycles. The van der Waals surface area contributed by atoms with Gasteiger partial charge in [-0.15, -0.1) is 11.8 Å². The fourth-order valence-corrected chi connectivity index (χ4v) is 6.94. The van der Waals surface area contributed by atoms with Gasteiger partial charge < -0.3 is 30.1 Å². The van der Waals surface area contributed by atoms with Crippen LogP contribution in [0.2, 0.25) is 0 Å². The molecule has 0 aliphatic carbocycles. The van der Waals surface area contributed by atoms with E-state index in [1.165, 1.54) is 6.92 Å². The Labute approximate surface area is 281 Å². The van der Waals surface area contributed by atoms with Crippen molar-refractivity contribution < 1.29 is 42.1 Å². The average Bonchev–Trinajstić information content (AvgIpc) is 3.57. The van der Waals surface area contributed by atoms with Gasteiger partial charge in [-0.2, -0.15) is 13.2 Å². The number of benzene rings is 3. The molecule has 3 amide bonds. The van der Waals surface area contributed by atoms with Gasteiger partial charge in [-0.25, -0.2) is 0 Å². The normalized spacial score (nSPS) is 22.7. The van der Waals surface area contributed by atoms with Crippen LogP contribution in [-0.2, 0) is 37.0 Å². The number of nitrogens with one attached hydrogen (secondary N) is 2. The van der Waals surface area contributed by atoms with Crippen molar-refractivity contribution >= 4 is 35.2 Å². The van der Waals surface area contributed by atoms with Crippen molar-refractivity contribution in [3.05, 3.63) is 95.1 Å². The molecule has 2 aliphatic rings. The van der Waals surface area contributed by atoms with Crippen molar-refractivity contribution in [3.8, 4) is 0 Å². The Hall–Kier alpha value is -3.91. The van der Waals surface area contributed by atoms with Gasteiger partial charge in [-0.05, 0) is 53.8 Å². The largest absolute Gasteiger partial charge is 0.471 e. The van der Waals surface area contributed by atoms with Gasteiger partial charge in [0.05, 0.1) is 18.8 Å². The highest BCUT2D eigenvalue weighted by molar-refractivity contribution is 7.99. The number of aliphatic hydroxyl groups excluding tert-OH is 1. The van der Waals surface area contributed by atoms with Gasteiger partial charge in [0, 0.05) is 47.8 Å². The lowest BCUT2D eigenvalue weighted by Crippen LogP contribution is -2.50. The average molecular weight is 686 g/mol. The third kappa shape index (κ3) is 8.76. The Kier molecular flexibility index (Phi) is 11.5. The Bertz CT molecular complexity index is 1570. The first kappa shape index (κ1) is 35.4. The standard InChI is InChI=1S/C35H38F3N3O6S/c1-21-30(20-48-28-15-13-27(14-16-28)40-22(2)43)46-33(47-31(21)25-9-7-24(19-42)8-10-25)26-11-5-23(6-12-26)18-39-32(44)29-4-3-17-41(29)34(45)35(36,37)38/h5-16,21,29-31,33,42H,3-4,17-20H2,1-2H3,(H,39,44)(H,40,43). The van der Waals surface area contributed by atoms with Crippen LogP contribution < -0.4 is 10.6 Å². The third-order valence-electron chi connectivity index (χ3n) is 8.49. The minimum atomic E-state index is -5.03. The molecule has 3 aromatic carbocycles. The molecule has 0 bridgehead atoms. The Morgan fingerprint density at radius 2 is 1.58 bits per heavy atom. The van der Waals surface area contributed by atoms with Gasteiger partial charge in [0.15, 0.2) is 6.29 Å². The molecule has 0 radical (unpaired) electrons. The second kappa shape index (κ2) is 15.5. The number of nitrogens with zero attached hydrogens (tertiary/aromatic N) is 1. The van der Waals surface area contributed by atoms with Crippen LogP contribution >= 0.6 is 11.8 Å². The number of rotatable bonds is 10. The van der Waals surface area contributed by atoms with E-state index in [1.54, 1.807) is 23.9 Å². The maximum absolute atomic E-state index is 13.0. The maximum atomic E-state index is 13.0. The van der Waals surface area contributed by atoms with Crippen LogP contribution in [0.15, 0.2) is 77.7 Å². The van der Waals surface area contributed by atoms with Crippen molar-refractivity contribution in [1.29, 1.82) is 0 Å². The van der Waals surface area contributed by atoms with Crippen molar-refractivity contribution in [2.24, 2.45) is 5.92 Å². The number of alkyl halides is 3. The highest BCUT2D eigenvalue weighted by Gasteiger charge is 2.47. The summed E-state index contributed by atoms with van der Waals surface area (Å²) in [6.45, 7) is 3.44. The zero-order chi connectivity index (χ0) is 34.4.